The van der Waals surface area contributed by atoms with Gasteiger partial charge in [0.15, 0.2) is 0 Å². The molecule has 4 N–H and O–H groups in total. The second-order valence-corrected chi connectivity index (χ2v) is 15.0. The monoisotopic (exact) mass is 886 g/mol. The Labute approximate surface area is 365 Å². The molecule has 2 atom stereocenters. The summed E-state index contributed by atoms with van der Waals surface area (Å²) in [5.74, 6) is -3.53. The minimum Gasteiger partial charge on any atom is -0.497 e. The maximum Gasteiger partial charge on any atom is 0.412 e. The Balaban J connectivity index is 1.07. The number of hydroxylamine groups is 2. The van der Waals surface area contributed by atoms with Crippen molar-refractivity contribution in [2.75, 3.05) is 12.4 Å². The number of fused-ring (bicyclic) bond motifs is 1. The zero-order valence-electron chi connectivity index (χ0n) is 34.0. The quantitative estimate of drug-likeness (QED) is 0.0590. The van der Waals surface area contributed by atoms with E-state index < -0.39 is 53.7 Å². The number of thiocarbonyl (C=S) groups is 1. The molecule has 62 heavy (non-hydrogen) atoms. The lowest BCUT2D eigenvalue weighted by Crippen LogP contribution is -2.53. The first kappa shape index (κ1) is 46.2. The summed E-state index contributed by atoms with van der Waals surface area (Å²) in [5.41, 5.74) is 2.52. The molecule has 324 valence electrons. The van der Waals surface area contributed by atoms with Gasteiger partial charge in [-0.1, -0.05) is 54.9 Å². The number of halogens is 1. The normalized spacial score (nSPS) is 13.4. The van der Waals surface area contributed by atoms with E-state index in [4.69, 9.17) is 42.5 Å². The molecule has 5 rings (SSSR count). The molecule has 0 aliphatic carbocycles. The van der Waals surface area contributed by atoms with E-state index in [1.807, 2.05) is 0 Å². The third kappa shape index (κ3) is 13.0. The van der Waals surface area contributed by atoms with Crippen LogP contribution in [-0.4, -0.2) is 70.8 Å². The van der Waals surface area contributed by atoms with Gasteiger partial charge in [-0.2, -0.15) is 0 Å². The highest BCUT2D eigenvalue weighted by Gasteiger charge is 2.29. The smallest absolute Gasteiger partial charge is 0.412 e. The average Bonchev–Trinajstić information content (AvgIpc) is 3.56. The summed E-state index contributed by atoms with van der Waals surface area (Å²) in [5, 5.41) is 12.0. The number of carbonyl (C=O) groups is 7. The summed E-state index contributed by atoms with van der Waals surface area (Å²) < 4.78 is 16.7. The molecule has 0 saturated carbocycles. The van der Waals surface area contributed by atoms with Gasteiger partial charge in [-0.25, -0.2) is 14.6 Å². The molecule has 0 fully saturated rings. The molecule has 17 nitrogen and oxygen atoms in total. The van der Waals surface area contributed by atoms with E-state index in [0.717, 1.165) is 12.2 Å². The van der Waals surface area contributed by atoms with Crippen LogP contribution in [0.15, 0.2) is 94.4 Å². The van der Waals surface area contributed by atoms with Gasteiger partial charge in [0.25, 0.3) is 11.8 Å². The Morgan fingerprint density at radius 1 is 0.855 bits per heavy atom. The second kappa shape index (κ2) is 21.6. The number of benzene rings is 3. The van der Waals surface area contributed by atoms with Gasteiger partial charge in [0.2, 0.25) is 23.3 Å². The number of alkyl carbamates (subject to hydrolysis) is 1. The molecule has 1 aromatic heterocycles. The number of nitrogens with one attached hydrogen (secondary N) is 4. The third-order valence-electron chi connectivity index (χ3n) is 9.08. The number of imide groups is 1. The van der Waals surface area contributed by atoms with Gasteiger partial charge in [-0.15, -0.1) is 0 Å². The van der Waals surface area contributed by atoms with Crippen LogP contribution < -0.4 is 31.6 Å². The minimum atomic E-state index is -0.983. The minimum absolute atomic E-state index is 0.00129. The Morgan fingerprint density at radius 3 is 2.19 bits per heavy atom. The molecule has 3 aromatic carbocycles. The SMILES string of the molecule is COc1ccc(/N=c2\oc3ccc(Cl)cc3cc2C(=S)NC(=O)OCc2ccc(NC(=O)[C@H](C)NC(=O)C(NC(=O)CCCCC(=O)ON3C(=O)C=CC3=O)C(C)C)cc2)cc1. The number of ether oxygens (including phenoxy) is 2. The van der Waals surface area contributed by atoms with Gasteiger partial charge in [-0.05, 0) is 91.9 Å². The maximum atomic E-state index is 13.1. The zero-order chi connectivity index (χ0) is 44.9. The Kier molecular flexibility index (Phi) is 16.0. The highest BCUT2D eigenvalue weighted by Crippen LogP contribution is 2.21. The zero-order valence-corrected chi connectivity index (χ0v) is 35.6. The van der Waals surface area contributed by atoms with Gasteiger partial charge in [0, 0.05) is 41.1 Å². The van der Waals surface area contributed by atoms with Gasteiger partial charge in [-0.3, -0.25) is 29.3 Å². The van der Waals surface area contributed by atoms with E-state index in [2.05, 4.69) is 26.3 Å². The van der Waals surface area contributed by atoms with Gasteiger partial charge >= 0.3 is 12.1 Å². The van der Waals surface area contributed by atoms with Crippen molar-refractivity contribution in [3.05, 3.63) is 107 Å². The van der Waals surface area contributed by atoms with E-state index in [0.29, 0.717) is 49.3 Å². The molecule has 0 radical (unpaired) electrons. The van der Waals surface area contributed by atoms with Crippen molar-refractivity contribution < 1.29 is 52.3 Å². The number of amides is 6. The topological polar surface area (TPSA) is 224 Å². The van der Waals surface area contributed by atoms with Crippen molar-refractivity contribution >= 4 is 92.7 Å². The largest absolute Gasteiger partial charge is 0.497 e. The molecule has 1 aliphatic rings. The first-order chi connectivity index (χ1) is 29.6. The van der Waals surface area contributed by atoms with Crippen LogP contribution in [0.1, 0.15) is 57.6 Å². The number of nitrogens with zero attached hydrogens (tertiary/aromatic N) is 2. The van der Waals surface area contributed by atoms with Crippen molar-refractivity contribution in [1.82, 2.24) is 21.0 Å². The van der Waals surface area contributed by atoms with Crippen molar-refractivity contribution in [3.63, 3.8) is 0 Å². The molecule has 4 aromatic rings. The summed E-state index contributed by atoms with van der Waals surface area (Å²) in [6, 6.07) is 18.3. The molecular weight excluding hydrogens is 844 g/mol. The molecule has 0 saturated heterocycles. The van der Waals surface area contributed by atoms with E-state index in [1.165, 1.54) is 6.92 Å². The van der Waals surface area contributed by atoms with E-state index in [1.54, 1.807) is 93.8 Å². The van der Waals surface area contributed by atoms with E-state index in [9.17, 15) is 33.6 Å². The lowest BCUT2D eigenvalue weighted by Gasteiger charge is -2.24. The summed E-state index contributed by atoms with van der Waals surface area (Å²) in [7, 11) is 1.56. The summed E-state index contributed by atoms with van der Waals surface area (Å²) in [6.45, 7) is 4.83. The van der Waals surface area contributed by atoms with Crippen molar-refractivity contribution in [2.24, 2.45) is 10.9 Å². The van der Waals surface area contributed by atoms with Gasteiger partial charge < -0.3 is 34.7 Å². The lowest BCUT2D eigenvalue weighted by atomic mass is 10.0. The second-order valence-electron chi connectivity index (χ2n) is 14.2. The lowest BCUT2D eigenvalue weighted by molar-refractivity contribution is -0.196. The van der Waals surface area contributed by atoms with Crippen LogP contribution >= 0.6 is 23.8 Å². The number of hydrogen-bond acceptors (Lipinski definition) is 13. The molecule has 6 amide bonds. The fourth-order valence-corrected chi connectivity index (χ4v) is 6.14. The predicted octanol–water partition coefficient (Wildman–Crippen LogP) is 5.46. The van der Waals surface area contributed by atoms with E-state index in [-0.39, 0.29) is 48.8 Å². The number of rotatable bonds is 17. The number of anilines is 1. The number of hydrogen-bond donors (Lipinski definition) is 4. The van der Waals surface area contributed by atoms with Crippen LogP contribution in [0.25, 0.3) is 11.0 Å². The summed E-state index contributed by atoms with van der Waals surface area (Å²) in [6.07, 6.45) is 1.48. The fourth-order valence-electron chi connectivity index (χ4n) is 5.73. The molecule has 1 unspecified atom stereocenters. The first-order valence-electron chi connectivity index (χ1n) is 19.3. The third-order valence-corrected chi connectivity index (χ3v) is 9.63. The highest BCUT2D eigenvalue weighted by atomic mass is 35.5. The molecule has 0 bridgehead atoms. The number of methoxy groups -OCH3 is 1. The van der Waals surface area contributed by atoms with Crippen molar-refractivity contribution in [2.45, 2.75) is 65.1 Å². The van der Waals surface area contributed by atoms with Crippen LogP contribution in [-0.2, 0) is 44.9 Å². The number of carbonyl (C=O) groups excluding carboxylic acids is 7. The van der Waals surface area contributed by atoms with E-state index >= 15 is 0 Å². The van der Waals surface area contributed by atoms with Crippen LogP contribution in [0.5, 0.6) is 5.75 Å². The molecule has 19 heteroatoms. The predicted molar refractivity (Wildman–Crippen MR) is 229 cm³/mol. The molecule has 1 aliphatic heterocycles. The van der Waals surface area contributed by atoms with Crippen LogP contribution in [0, 0.1) is 5.92 Å². The highest BCUT2D eigenvalue weighted by molar-refractivity contribution is 7.80. The van der Waals surface area contributed by atoms with Crippen LogP contribution in [0.2, 0.25) is 5.02 Å². The first-order valence-corrected chi connectivity index (χ1v) is 20.1. The summed E-state index contributed by atoms with van der Waals surface area (Å²) in [4.78, 5) is 96.0. The average molecular weight is 887 g/mol. The molecule has 0 spiro atoms. The molecule has 2 heterocycles. The van der Waals surface area contributed by atoms with Crippen LogP contribution in [0.4, 0.5) is 16.2 Å². The Bertz CT molecular complexity index is 2450. The molecular formula is C43H43ClN6O11S. The van der Waals surface area contributed by atoms with Crippen molar-refractivity contribution in [3.8, 4) is 5.75 Å². The van der Waals surface area contributed by atoms with Crippen molar-refractivity contribution in [1.29, 1.82) is 0 Å². The fraction of sp³-hybridized carbons (Fsp3) is 0.279. The number of unbranched alkanes of at least 4 members (excludes halogenated alkanes) is 1. The van der Waals surface area contributed by atoms with Crippen LogP contribution in [0.3, 0.4) is 0 Å². The Morgan fingerprint density at radius 2 is 1.53 bits per heavy atom. The maximum absolute atomic E-state index is 13.1. The standard InChI is InChI=1S/C43H43ClN6O11S/c1-24(2)38(48-34(51)7-5-6-8-37(54)61-50-35(52)19-20-36(50)53)40(56)45-25(3)39(55)46-29-12-9-26(10-13-29)23-59-43(57)49-42(62)32-22-27-21-28(44)11-18-33(27)60-41(32)47-30-14-16-31(58-4)17-15-30/h9-22,24-25,38H,5-8,23H2,1-4H3,(H,45,56)(H,46,55)(H,48,51)(H,49,57,62)/b47-41-/t25-,38?/m0/s1. The van der Waals surface area contributed by atoms with Gasteiger partial charge in [0.1, 0.15) is 35.0 Å². The summed E-state index contributed by atoms with van der Waals surface area (Å²) >= 11 is 11.8. The Hall–Kier alpha value is -6.92. The van der Waals surface area contributed by atoms with Gasteiger partial charge in [0.05, 0.1) is 18.4 Å².